The maximum atomic E-state index is 13.5. The molecule has 2 aliphatic rings. The number of carboxylic acid groups (broad SMARTS) is 1. The Bertz CT molecular complexity index is 1140. The third-order valence-electron chi connectivity index (χ3n) is 6.20. The van der Waals surface area contributed by atoms with E-state index >= 15 is 0 Å². The van der Waals surface area contributed by atoms with Gasteiger partial charge in [-0.25, -0.2) is 9.59 Å². The number of hydrogen-bond donors (Lipinski definition) is 1. The summed E-state index contributed by atoms with van der Waals surface area (Å²) in [6.07, 6.45) is -1.67. The van der Waals surface area contributed by atoms with Gasteiger partial charge in [-0.2, -0.15) is 18.4 Å². The fraction of sp³-hybridized carbons (Fsp3) is 0.348. The van der Waals surface area contributed by atoms with Crippen LogP contribution in [0, 0.1) is 18.3 Å². The minimum Gasteiger partial charge on any atom is -0.478 e. The first-order valence-electron chi connectivity index (χ1n) is 10.2. The molecular formula is C23H20F3N3O3. The number of fused-ring (bicyclic) bond motifs is 1. The molecule has 166 valence electrons. The van der Waals surface area contributed by atoms with Crippen molar-refractivity contribution in [3.05, 3.63) is 58.7 Å². The van der Waals surface area contributed by atoms with E-state index in [2.05, 4.69) is 0 Å². The van der Waals surface area contributed by atoms with E-state index in [0.29, 0.717) is 24.1 Å². The number of nitrogens with zero attached hydrogens (tertiary/aromatic N) is 3. The molecule has 0 radical (unpaired) electrons. The van der Waals surface area contributed by atoms with Crippen LogP contribution in [0.2, 0.25) is 0 Å². The molecule has 0 unspecified atom stereocenters. The Balaban J connectivity index is 1.79. The van der Waals surface area contributed by atoms with Gasteiger partial charge < -0.3 is 5.11 Å². The first-order chi connectivity index (χ1) is 15.1. The number of rotatable bonds is 3. The number of benzene rings is 2. The van der Waals surface area contributed by atoms with Crippen LogP contribution in [0.5, 0.6) is 0 Å². The molecule has 1 aliphatic carbocycles. The zero-order chi connectivity index (χ0) is 23.2. The number of urea groups is 1. The van der Waals surface area contributed by atoms with Crippen molar-refractivity contribution in [3.63, 3.8) is 0 Å². The van der Waals surface area contributed by atoms with E-state index in [9.17, 15) is 27.9 Å². The molecule has 1 saturated carbocycles. The van der Waals surface area contributed by atoms with Crippen LogP contribution in [0.4, 0.5) is 29.3 Å². The first kappa shape index (κ1) is 21.7. The number of halogens is 3. The fourth-order valence-electron chi connectivity index (χ4n) is 4.75. The van der Waals surface area contributed by atoms with Crippen molar-refractivity contribution in [2.75, 3.05) is 9.80 Å². The molecule has 1 heterocycles. The van der Waals surface area contributed by atoms with Crippen molar-refractivity contribution in [2.45, 2.75) is 50.9 Å². The van der Waals surface area contributed by atoms with Gasteiger partial charge in [-0.1, -0.05) is 12.8 Å². The summed E-state index contributed by atoms with van der Waals surface area (Å²) >= 11 is 0. The molecule has 4 rings (SSSR count). The average molecular weight is 443 g/mol. The zero-order valence-electron chi connectivity index (χ0n) is 17.2. The molecule has 32 heavy (non-hydrogen) atoms. The lowest BCUT2D eigenvalue weighted by Crippen LogP contribution is -2.40. The molecule has 2 aromatic carbocycles. The van der Waals surface area contributed by atoms with E-state index in [1.807, 2.05) is 0 Å². The fourth-order valence-corrected chi connectivity index (χ4v) is 4.75. The van der Waals surface area contributed by atoms with E-state index in [-0.39, 0.29) is 23.3 Å². The molecule has 0 spiro atoms. The second kappa shape index (κ2) is 7.86. The number of carbonyl (C=O) groups excluding carboxylic acids is 1. The van der Waals surface area contributed by atoms with E-state index < -0.39 is 29.3 Å². The highest BCUT2D eigenvalue weighted by Crippen LogP contribution is 2.42. The molecule has 1 aliphatic heterocycles. The summed E-state index contributed by atoms with van der Waals surface area (Å²) < 4.78 is 40.5. The Morgan fingerprint density at radius 3 is 2.12 bits per heavy atom. The van der Waals surface area contributed by atoms with Gasteiger partial charge >= 0.3 is 18.2 Å². The Morgan fingerprint density at radius 2 is 1.62 bits per heavy atom. The smallest absolute Gasteiger partial charge is 0.417 e. The quantitative estimate of drug-likeness (QED) is 0.694. The molecule has 1 saturated heterocycles. The topological polar surface area (TPSA) is 84.6 Å². The van der Waals surface area contributed by atoms with E-state index in [1.54, 1.807) is 30.0 Å². The van der Waals surface area contributed by atoms with Gasteiger partial charge in [-0.3, -0.25) is 9.80 Å². The monoisotopic (exact) mass is 443 g/mol. The van der Waals surface area contributed by atoms with Gasteiger partial charge in [0.2, 0.25) is 0 Å². The highest BCUT2D eigenvalue weighted by Gasteiger charge is 2.48. The van der Waals surface area contributed by atoms with Gasteiger partial charge in [0.25, 0.3) is 0 Å². The normalized spacial score (nSPS) is 20.8. The van der Waals surface area contributed by atoms with Crippen LogP contribution in [-0.4, -0.2) is 29.2 Å². The molecule has 2 fully saturated rings. The van der Waals surface area contributed by atoms with Crippen molar-refractivity contribution >= 4 is 23.4 Å². The lowest BCUT2D eigenvalue weighted by Gasteiger charge is -2.32. The lowest BCUT2D eigenvalue weighted by molar-refractivity contribution is -0.137. The number of alkyl halides is 3. The predicted octanol–water partition coefficient (Wildman–Crippen LogP) is 5.34. The third kappa shape index (κ3) is 3.55. The molecule has 2 atom stereocenters. The van der Waals surface area contributed by atoms with Crippen LogP contribution in [0.1, 0.15) is 52.7 Å². The van der Waals surface area contributed by atoms with E-state index in [1.165, 1.54) is 17.0 Å². The zero-order valence-corrected chi connectivity index (χ0v) is 17.2. The molecular weight excluding hydrogens is 423 g/mol. The number of anilines is 2. The van der Waals surface area contributed by atoms with Crippen molar-refractivity contribution in [3.8, 4) is 6.07 Å². The summed E-state index contributed by atoms with van der Waals surface area (Å²) in [5.41, 5.74) is -0.338. The van der Waals surface area contributed by atoms with Gasteiger partial charge in [0, 0.05) is 11.4 Å². The minimum atomic E-state index is -4.72. The maximum absolute atomic E-state index is 13.5. The maximum Gasteiger partial charge on any atom is 0.417 e. The highest BCUT2D eigenvalue weighted by molar-refractivity contribution is 6.08. The summed E-state index contributed by atoms with van der Waals surface area (Å²) in [7, 11) is 0. The van der Waals surface area contributed by atoms with Gasteiger partial charge in [0.1, 0.15) is 0 Å². The summed E-state index contributed by atoms with van der Waals surface area (Å²) in [5, 5.41) is 18.4. The van der Waals surface area contributed by atoms with Crippen molar-refractivity contribution < 1.29 is 27.9 Å². The molecule has 9 heteroatoms. The van der Waals surface area contributed by atoms with Crippen LogP contribution in [-0.2, 0) is 6.18 Å². The van der Waals surface area contributed by atoms with Gasteiger partial charge in [0.15, 0.2) is 0 Å². The molecule has 2 aromatic rings. The van der Waals surface area contributed by atoms with Crippen LogP contribution in [0.3, 0.4) is 0 Å². The standard InChI is InChI=1S/C23H20F3N3O3/c1-13-10-15(8-9-17(13)21(30)31)28-19-4-2-3-5-20(19)29(22(28)32)16-7-6-14(12-27)18(11-16)23(24,25)26/h6-11,19-20H,2-5H2,1H3,(H,30,31)/t19-,20-/m1/s1. The Morgan fingerprint density at radius 1 is 1.06 bits per heavy atom. The molecule has 1 N–H and O–H groups in total. The van der Waals surface area contributed by atoms with E-state index in [0.717, 1.165) is 25.0 Å². The van der Waals surface area contributed by atoms with Crippen molar-refractivity contribution in [1.29, 1.82) is 5.26 Å². The summed E-state index contributed by atoms with van der Waals surface area (Å²) in [5.74, 6) is -1.07. The summed E-state index contributed by atoms with van der Waals surface area (Å²) in [4.78, 5) is 27.8. The van der Waals surface area contributed by atoms with Crippen LogP contribution in [0.25, 0.3) is 0 Å². The van der Waals surface area contributed by atoms with Gasteiger partial charge in [-0.05, 0) is 61.7 Å². The van der Waals surface area contributed by atoms with Crippen molar-refractivity contribution in [1.82, 2.24) is 0 Å². The van der Waals surface area contributed by atoms with Crippen LogP contribution >= 0.6 is 0 Å². The van der Waals surface area contributed by atoms with Gasteiger partial charge in [0.05, 0.1) is 34.8 Å². The highest BCUT2D eigenvalue weighted by atomic mass is 19.4. The molecule has 2 amide bonds. The van der Waals surface area contributed by atoms with E-state index in [4.69, 9.17) is 5.26 Å². The number of carbonyl (C=O) groups is 2. The summed E-state index contributed by atoms with van der Waals surface area (Å²) in [6.45, 7) is 1.64. The molecule has 0 bridgehead atoms. The number of hydrogen-bond acceptors (Lipinski definition) is 3. The number of nitriles is 1. The Kier molecular flexibility index (Phi) is 5.33. The van der Waals surface area contributed by atoms with Gasteiger partial charge in [-0.15, -0.1) is 0 Å². The average Bonchev–Trinajstić information content (AvgIpc) is 3.04. The number of aryl methyl sites for hydroxylation is 1. The second-order valence-corrected chi connectivity index (χ2v) is 8.09. The summed E-state index contributed by atoms with van der Waals surface area (Å²) in [6, 6.07) is 8.50. The Labute approximate surface area is 182 Å². The Hall–Kier alpha value is -3.54. The largest absolute Gasteiger partial charge is 0.478 e. The number of aromatic carboxylic acids is 1. The van der Waals surface area contributed by atoms with Crippen molar-refractivity contribution in [2.24, 2.45) is 0 Å². The number of carboxylic acids is 1. The molecule has 6 nitrogen and oxygen atoms in total. The third-order valence-corrected chi connectivity index (χ3v) is 6.20. The second-order valence-electron chi connectivity index (χ2n) is 8.09. The number of amides is 2. The lowest BCUT2D eigenvalue weighted by atomic mass is 9.89. The van der Waals surface area contributed by atoms with Crippen LogP contribution < -0.4 is 9.80 Å². The first-order valence-corrected chi connectivity index (χ1v) is 10.2. The SMILES string of the molecule is Cc1cc(N2C(=O)N(c3ccc(C#N)c(C(F)(F)F)c3)[C@@H]3CCCC[C@H]32)ccc1C(=O)O. The molecule has 0 aromatic heterocycles. The predicted molar refractivity (Wildman–Crippen MR) is 111 cm³/mol. The van der Waals surface area contributed by atoms with Crippen LogP contribution in [0.15, 0.2) is 36.4 Å². The minimum absolute atomic E-state index is 0.0969.